The topological polar surface area (TPSA) is 55.2 Å². The standard InChI is InChI=1S/C18H17N3O2S/c1-20(2)16(22)12-24-18-19-15-11-7-6-10-14(15)17(23)21(18)13-8-4-3-5-9-13/h3-11H,12H2,1-2H3. The molecule has 0 aliphatic heterocycles. The molecule has 3 rings (SSSR count). The second kappa shape index (κ2) is 6.88. The number of nitrogens with zero attached hydrogens (tertiary/aromatic N) is 3. The second-order valence-corrected chi connectivity index (χ2v) is 6.41. The van der Waals surface area contributed by atoms with E-state index in [1.807, 2.05) is 48.5 Å². The molecule has 1 amide bonds. The Morgan fingerprint density at radius 3 is 2.46 bits per heavy atom. The predicted octanol–water partition coefficient (Wildman–Crippen LogP) is 2.57. The Hall–Kier alpha value is -2.60. The molecule has 0 spiro atoms. The van der Waals surface area contributed by atoms with Crippen LogP contribution in [0.25, 0.3) is 16.6 Å². The van der Waals surface area contributed by atoms with Crippen molar-refractivity contribution in [2.24, 2.45) is 0 Å². The summed E-state index contributed by atoms with van der Waals surface area (Å²) < 4.78 is 1.57. The van der Waals surface area contributed by atoms with Crippen LogP contribution in [0.5, 0.6) is 0 Å². The smallest absolute Gasteiger partial charge is 0.266 e. The average Bonchev–Trinajstić information content (AvgIpc) is 2.60. The fourth-order valence-corrected chi connectivity index (χ4v) is 3.26. The molecular weight excluding hydrogens is 322 g/mol. The zero-order valence-corrected chi connectivity index (χ0v) is 14.3. The Morgan fingerprint density at radius 2 is 1.75 bits per heavy atom. The van der Waals surface area contributed by atoms with Crippen molar-refractivity contribution in [2.75, 3.05) is 19.8 Å². The van der Waals surface area contributed by atoms with Crippen LogP contribution >= 0.6 is 11.8 Å². The van der Waals surface area contributed by atoms with Gasteiger partial charge in [0.2, 0.25) is 5.91 Å². The van der Waals surface area contributed by atoms with Crippen molar-refractivity contribution in [1.82, 2.24) is 14.5 Å². The Labute approximate surface area is 143 Å². The minimum absolute atomic E-state index is 0.0259. The zero-order valence-electron chi connectivity index (χ0n) is 13.5. The minimum Gasteiger partial charge on any atom is -0.348 e. The lowest BCUT2D eigenvalue weighted by Gasteiger charge is -2.14. The van der Waals surface area contributed by atoms with E-state index in [0.717, 1.165) is 5.69 Å². The molecule has 0 aliphatic carbocycles. The first-order chi connectivity index (χ1) is 11.6. The Morgan fingerprint density at radius 1 is 1.08 bits per heavy atom. The van der Waals surface area contributed by atoms with Gasteiger partial charge in [0.1, 0.15) is 0 Å². The van der Waals surface area contributed by atoms with Crippen molar-refractivity contribution in [3.63, 3.8) is 0 Å². The van der Waals surface area contributed by atoms with Gasteiger partial charge in [-0.3, -0.25) is 14.2 Å². The number of amides is 1. The summed E-state index contributed by atoms with van der Waals surface area (Å²) in [7, 11) is 3.42. The molecular formula is C18H17N3O2S. The van der Waals surface area contributed by atoms with Crippen LogP contribution < -0.4 is 5.56 Å². The number of hydrogen-bond donors (Lipinski definition) is 0. The summed E-state index contributed by atoms with van der Waals surface area (Å²) in [6.45, 7) is 0. The van der Waals surface area contributed by atoms with Crippen molar-refractivity contribution in [3.8, 4) is 5.69 Å². The molecule has 0 radical (unpaired) electrons. The van der Waals surface area contributed by atoms with E-state index in [1.165, 1.54) is 16.7 Å². The summed E-state index contributed by atoms with van der Waals surface area (Å²) in [6, 6.07) is 16.6. The number of rotatable bonds is 4. The van der Waals surface area contributed by atoms with E-state index < -0.39 is 0 Å². The van der Waals surface area contributed by atoms with Gasteiger partial charge in [-0.2, -0.15) is 0 Å². The largest absolute Gasteiger partial charge is 0.348 e. The molecule has 0 saturated carbocycles. The van der Waals surface area contributed by atoms with E-state index in [4.69, 9.17) is 0 Å². The molecule has 2 aromatic carbocycles. The molecule has 0 aliphatic rings. The summed E-state index contributed by atoms with van der Waals surface area (Å²) in [4.78, 5) is 31.0. The normalized spacial score (nSPS) is 10.8. The lowest BCUT2D eigenvalue weighted by Crippen LogP contribution is -2.25. The van der Waals surface area contributed by atoms with Gasteiger partial charge in [0.25, 0.3) is 5.56 Å². The maximum atomic E-state index is 12.9. The van der Waals surface area contributed by atoms with Crippen LogP contribution in [0.1, 0.15) is 0 Å². The van der Waals surface area contributed by atoms with Gasteiger partial charge in [-0.25, -0.2) is 4.98 Å². The number of benzene rings is 2. The summed E-state index contributed by atoms with van der Waals surface area (Å²) in [5, 5.41) is 1.07. The first-order valence-corrected chi connectivity index (χ1v) is 8.46. The molecule has 0 bridgehead atoms. The van der Waals surface area contributed by atoms with Crippen LogP contribution in [0.15, 0.2) is 64.5 Å². The summed E-state index contributed by atoms with van der Waals surface area (Å²) in [5.74, 6) is 0.201. The third kappa shape index (κ3) is 3.19. The number of carbonyl (C=O) groups is 1. The molecule has 1 heterocycles. The predicted molar refractivity (Wildman–Crippen MR) is 96.8 cm³/mol. The highest BCUT2D eigenvalue weighted by Gasteiger charge is 2.15. The molecule has 0 fully saturated rings. The SMILES string of the molecule is CN(C)C(=O)CSc1nc2ccccc2c(=O)n1-c1ccccc1. The van der Waals surface area contributed by atoms with Crippen molar-refractivity contribution in [1.29, 1.82) is 0 Å². The quantitative estimate of drug-likeness (QED) is 0.541. The lowest BCUT2D eigenvalue weighted by atomic mass is 10.2. The van der Waals surface area contributed by atoms with Gasteiger partial charge in [-0.1, -0.05) is 42.1 Å². The van der Waals surface area contributed by atoms with Crippen LogP contribution in [0, 0.1) is 0 Å². The number of para-hydroxylation sites is 2. The van der Waals surface area contributed by atoms with Crippen molar-refractivity contribution in [2.45, 2.75) is 5.16 Å². The Bertz CT molecular complexity index is 936. The van der Waals surface area contributed by atoms with E-state index in [9.17, 15) is 9.59 Å². The molecule has 6 heteroatoms. The third-order valence-electron chi connectivity index (χ3n) is 3.58. The average molecular weight is 339 g/mol. The van der Waals surface area contributed by atoms with Gasteiger partial charge in [0.15, 0.2) is 5.16 Å². The maximum Gasteiger partial charge on any atom is 0.266 e. The molecule has 0 unspecified atom stereocenters. The van der Waals surface area contributed by atoms with E-state index in [2.05, 4.69) is 4.98 Å². The van der Waals surface area contributed by atoms with Crippen LogP contribution in [0.4, 0.5) is 0 Å². The van der Waals surface area contributed by atoms with E-state index in [-0.39, 0.29) is 17.2 Å². The second-order valence-electron chi connectivity index (χ2n) is 5.46. The number of thioether (sulfide) groups is 1. The number of carbonyl (C=O) groups excluding carboxylic acids is 1. The van der Waals surface area contributed by atoms with Crippen molar-refractivity contribution >= 4 is 28.6 Å². The fourth-order valence-electron chi connectivity index (χ4n) is 2.27. The Balaban J connectivity index is 2.15. The molecule has 5 nitrogen and oxygen atoms in total. The van der Waals surface area contributed by atoms with Crippen LogP contribution in [-0.2, 0) is 4.79 Å². The highest BCUT2D eigenvalue weighted by molar-refractivity contribution is 7.99. The first kappa shape index (κ1) is 16.3. The van der Waals surface area contributed by atoms with E-state index in [0.29, 0.717) is 16.1 Å². The van der Waals surface area contributed by atoms with Crippen LogP contribution in [-0.4, -0.2) is 40.2 Å². The van der Waals surface area contributed by atoms with Gasteiger partial charge in [-0.05, 0) is 24.3 Å². The molecule has 122 valence electrons. The summed E-state index contributed by atoms with van der Waals surface area (Å²) in [6.07, 6.45) is 0. The molecule has 0 atom stereocenters. The molecule has 24 heavy (non-hydrogen) atoms. The summed E-state index contributed by atoms with van der Waals surface area (Å²) >= 11 is 1.27. The molecule has 0 N–H and O–H groups in total. The minimum atomic E-state index is -0.133. The molecule has 0 saturated heterocycles. The number of fused-ring (bicyclic) bond motifs is 1. The highest BCUT2D eigenvalue weighted by Crippen LogP contribution is 2.21. The van der Waals surface area contributed by atoms with Crippen LogP contribution in [0.3, 0.4) is 0 Å². The Kier molecular flexibility index (Phi) is 4.66. The van der Waals surface area contributed by atoms with Gasteiger partial charge in [0.05, 0.1) is 22.3 Å². The molecule has 1 aromatic heterocycles. The number of aromatic nitrogens is 2. The summed E-state index contributed by atoms with van der Waals surface area (Å²) in [5.41, 5.74) is 1.24. The van der Waals surface area contributed by atoms with Gasteiger partial charge < -0.3 is 4.90 Å². The van der Waals surface area contributed by atoms with Crippen LogP contribution in [0.2, 0.25) is 0 Å². The zero-order chi connectivity index (χ0) is 17.1. The lowest BCUT2D eigenvalue weighted by molar-refractivity contribution is -0.125. The number of hydrogen-bond acceptors (Lipinski definition) is 4. The van der Waals surface area contributed by atoms with Gasteiger partial charge in [-0.15, -0.1) is 0 Å². The van der Waals surface area contributed by atoms with E-state index >= 15 is 0 Å². The fraction of sp³-hybridized carbons (Fsp3) is 0.167. The van der Waals surface area contributed by atoms with Gasteiger partial charge in [0, 0.05) is 14.1 Å². The van der Waals surface area contributed by atoms with E-state index in [1.54, 1.807) is 24.7 Å². The highest BCUT2D eigenvalue weighted by atomic mass is 32.2. The monoisotopic (exact) mass is 339 g/mol. The van der Waals surface area contributed by atoms with Crippen molar-refractivity contribution in [3.05, 3.63) is 65.0 Å². The van der Waals surface area contributed by atoms with Gasteiger partial charge >= 0.3 is 0 Å². The first-order valence-electron chi connectivity index (χ1n) is 7.48. The molecule has 3 aromatic rings. The third-order valence-corrected chi connectivity index (χ3v) is 4.51. The maximum absolute atomic E-state index is 12.9. The van der Waals surface area contributed by atoms with Crippen molar-refractivity contribution < 1.29 is 4.79 Å².